The van der Waals surface area contributed by atoms with Gasteiger partial charge >= 0.3 is 6.03 Å². The van der Waals surface area contributed by atoms with Crippen LogP contribution in [0.15, 0.2) is 36.9 Å². The molecule has 1 fully saturated rings. The van der Waals surface area contributed by atoms with E-state index in [4.69, 9.17) is 10.5 Å². The minimum Gasteiger partial charge on any atom is -0.387 e. The van der Waals surface area contributed by atoms with Crippen LogP contribution in [0.25, 0.3) is 11.2 Å². The minimum atomic E-state index is -1.17. The highest BCUT2D eigenvalue weighted by molar-refractivity contribution is 5.89. The molecule has 0 bridgehead atoms. The Morgan fingerprint density at radius 2 is 1.79 bits per heavy atom. The van der Waals surface area contributed by atoms with Gasteiger partial charge in [0, 0.05) is 25.3 Å². The Kier molecular flexibility index (Phi) is 8.12. The Morgan fingerprint density at radius 3 is 2.46 bits per heavy atom. The molecule has 3 heterocycles. The van der Waals surface area contributed by atoms with Crippen LogP contribution in [-0.4, -0.2) is 85.7 Å². The molecule has 1 aliphatic rings. The number of hydrogen-bond acceptors (Lipinski definition) is 9. The molecule has 212 valence electrons. The maximum atomic E-state index is 12.5. The molecular weight excluding hydrogens is 500 g/mol. The van der Waals surface area contributed by atoms with Crippen molar-refractivity contribution < 1.29 is 19.7 Å². The Hall–Kier alpha value is -3.32. The number of rotatable bonds is 8. The number of nitrogen functional groups attached to an aromatic ring is 1. The van der Waals surface area contributed by atoms with Crippen LogP contribution in [0.2, 0.25) is 0 Å². The third kappa shape index (κ3) is 6.64. The molecule has 0 aliphatic carbocycles. The van der Waals surface area contributed by atoms with Gasteiger partial charge in [0.2, 0.25) is 0 Å². The van der Waals surface area contributed by atoms with Crippen LogP contribution < -0.4 is 16.4 Å². The zero-order chi connectivity index (χ0) is 28.5. The van der Waals surface area contributed by atoms with Crippen LogP contribution in [0.4, 0.5) is 16.3 Å². The lowest BCUT2D eigenvalue weighted by atomic mass is 9.87. The van der Waals surface area contributed by atoms with Gasteiger partial charge < -0.3 is 36.2 Å². The summed E-state index contributed by atoms with van der Waals surface area (Å²) in [5, 5.41) is 27.3. The predicted molar refractivity (Wildman–Crippen MR) is 149 cm³/mol. The molecule has 2 aromatic heterocycles. The third-order valence-electron chi connectivity index (χ3n) is 6.92. The number of fused-ring (bicyclic) bond motifs is 1. The number of nitrogens with one attached hydrogen (secondary N) is 2. The van der Waals surface area contributed by atoms with Crippen molar-refractivity contribution in [2.45, 2.75) is 64.6 Å². The van der Waals surface area contributed by atoms with Crippen molar-refractivity contribution in [1.82, 2.24) is 29.7 Å². The number of likely N-dealkylation sites (N-methyl/N-ethyl adjacent to an activating group) is 1. The zero-order valence-electron chi connectivity index (χ0n) is 23.4. The van der Waals surface area contributed by atoms with Gasteiger partial charge in [-0.25, -0.2) is 19.7 Å². The molecule has 2 unspecified atom stereocenters. The number of hydrogen-bond donors (Lipinski definition) is 5. The summed E-state index contributed by atoms with van der Waals surface area (Å²) >= 11 is 0. The molecule has 1 aromatic carbocycles. The smallest absolute Gasteiger partial charge is 0.319 e. The summed E-state index contributed by atoms with van der Waals surface area (Å²) in [4.78, 5) is 26.9. The zero-order valence-corrected chi connectivity index (χ0v) is 23.4. The molecule has 3 aromatic rings. The average molecular weight is 541 g/mol. The van der Waals surface area contributed by atoms with Gasteiger partial charge in [0.25, 0.3) is 0 Å². The Balaban J connectivity index is 1.29. The van der Waals surface area contributed by atoms with Crippen molar-refractivity contribution in [2.24, 2.45) is 5.41 Å². The topological polar surface area (TPSA) is 164 Å². The van der Waals surface area contributed by atoms with Crippen molar-refractivity contribution >= 4 is 28.7 Å². The fourth-order valence-electron chi connectivity index (χ4n) is 4.87. The molecule has 4 rings (SSSR count). The van der Waals surface area contributed by atoms with Crippen molar-refractivity contribution in [1.29, 1.82) is 0 Å². The molecule has 0 spiro atoms. The van der Waals surface area contributed by atoms with Gasteiger partial charge in [-0.3, -0.25) is 4.57 Å². The monoisotopic (exact) mass is 540 g/mol. The highest BCUT2D eigenvalue weighted by atomic mass is 16.6. The maximum absolute atomic E-state index is 12.5. The first kappa shape index (κ1) is 28.7. The second kappa shape index (κ2) is 11.0. The number of urea groups is 1. The number of nitrogens with two attached hydrogens (primary N) is 1. The van der Waals surface area contributed by atoms with Crippen LogP contribution >= 0.6 is 0 Å². The van der Waals surface area contributed by atoms with Crippen molar-refractivity contribution in [3.63, 3.8) is 0 Å². The number of aromatic nitrogens is 4. The van der Waals surface area contributed by atoms with Gasteiger partial charge in [-0.05, 0) is 35.6 Å². The summed E-state index contributed by atoms with van der Waals surface area (Å²) in [6, 6.07) is 7.58. The Labute approximate surface area is 228 Å². The first-order chi connectivity index (χ1) is 18.2. The normalized spacial score (nSPS) is 22.0. The lowest BCUT2D eigenvalue weighted by Crippen LogP contribution is -2.45. The highest BCUT2D eigenvalue weighted by Gasteiger charge is 2.44. The van der Waals surface area contributed by atoms with E-state index in [1.807, 2.05) is 50.1 Å². The number of amides is 2. The molecule has 6 N–H and O–H groups in total. The summed E-state index contributed by atoms with van der Waals surface area (Å²) in [5.74, 6) is 0.228. The molecule has 12 heteroatoms. The molecular formula is C27H40N8O4. The second-order valence-electron chi connectivity index (χ2n) is 12.1. The van der Waals surface area contributed by atoms with E-state index in [-0.39, 0.29) is 22.7 Å². The molecule has 2 amide bonds. The van der Waals surface area contributed by atoms with E-state index < -0.39 is 24.5 Å². The number of carbonyl (C=O) groups is 1. The molecule has 0 saturated carbocycles. The van der Waals surface area contributed by atoms with E-state index >= 15 is 0 Å². The SMILES string of the molecule is CN(C[C@H]1O[C@@H](n2cnc3c(N)ncnc32)C(O)C1O)CC(C)(C)CNC(=O)Nc1ccc(C(C)(C)C)cc1. The van der Waals surface area contributed by atoms with Gasteiger partial charge in [-0.1, -0.05) is 46.8 Å². The first-order valence-electron chi connectivity index (χ1n) is 13.0. The largest absolute Gasteiger partial charge is 0.387 e. The van der Waals surface area contributed by atoms with E-state index in [0.717, 1.165) is 5.69 Å². The molecule has 12 nitrogen and oxygen atoms in total. The van der Waals surface area contributed by atoms with Crippen LogP contribution in [-0.2, 0) is 10.2 Å². The van der Waals surface area contributed by atoms with Crippen molar-refractivity contribution in [3.05, 3.63) is 42.5 Å². The molecule has 0 radical (unpaired) electrons. The lowest BCUT2D eigenvalue weighted by Gasteiger charge is -2.32. The lowest BCUT2D eigenvalue weighted by molar-refractivity contribution is -0.0441. The number of anilines is 2. The molecule has 1 aliphatic heterocycles. The number of ether oxygens (including phenoxy) is 1. The Bertz CT molecular complexity index is 1290. The van der Waals surface area contributed by atoms with Crippen molar-refractivity contribution in [2.75, 3.05) is 37.7 Å². The molecule has 4 atom stereocenters. The van der Waals surface area contributed by atoms with E-state index in [9.17, 15) is 15.0 Å². The number of nitrogens with zero attached hydrogens (tertiary/aromatic N) is 5. The van der Waals surface area contributed by atoms with E-state index in [2.05, 4.69) is 46.4 Å². The van der Waals surface area contributed by atoms with Crippen molar-refractivity contribution in [3.8, 4) is 0 Å². The summed E-state index contributed by atoms with van der Waals surface area (Å²) in [6.07, 6.45) is -0.999. The number of carbonyl (C=O) groups excluding carboxylic acids is 1. The van der Waals surface area contributed by atoms with E-state index in [1.54, 1.807) is 4.57 Å². The fourth-order valence-corrected chi connectivity index (χ4v) is 4.87. The van der Waals surface area contributed by atoms with Crippen LogP contribution in [0.1, 0.15) is 46.4 Å². The fraction of sp³-hybridized carbons (Fsp3) is 0.556. The molecule has 1 saturated heterocycles. The van der Waals surface area contributed by atoms with Crippen LogP contribution in [0.5, 0.6) is 0 Å². The third-order valence-corrected chi connectivity index (χ3v) is 6.92. The number of aliphatic hydroxyl groups excluding tert-OH is 2. The summed E-state index contributed by atoms with van der Waals surface area (Å²) in [5.41, 5.74) is 8.39. The van der Waals surface area contributed by atoms with Gasteiger partial charge in [0.05, 0.1) is 6.33 Å². The second-order valence-corrected chi connectivity index (χ2v) is 12.1. The standard InChI is InChI=1S/C27H40N8O4/c1-26(2,3)16-7-9-17(10-8-16)33-25(38)29-12-27(4,5)13-34(6)11-18-20(36)21(37)24(39-18)35-15-32-19-22(28)30-14-31-23(19)35/h7-10,14-15,18,20-21,24,36-37H,11-13H2,1-6H3,(H2,28,30,31)(H2,29,33,38)/t18-,20?,21?,24-/m1/s1. The van der Waals surface area contributed by atoms with E-state index in [0.29, 0.717) is 30.8 Å². The number of imidazole rings is 1. The summed E-state index contributed by atoms with van der Waals surface area (Å²) in [7, 11) is 1.91. The van der Waals surface area contributed by atoms with Gasteiger partial charge in [0.1, 0.15) is 30.2 Å². The predicted octanol–water partition coefficient (Wildman–Crippen LogP) is 2.10. The van der Waals surface area contributed by atoms with Gasteiger partial charge in [-0.2, -0.15) is 0 Å². The number of aliphatic hydroxyl groups is 2. The highest BCUT2D eigenvalue weighted by Crippen LogP contribution is 2.32. The van der Waals surface area contributed by atoms with Gasteiger partial charge in [0.15, 0.2) is 17.7 Å². The average Bonchev–Trinajstić information content (AvgIpc) is 3.40. The van der Waals surface area contributed by atoms with Crippen LogP contribution in [0.3, 0.4) is 0 Å². The molecule has 39 heavy (non-hydrogen) atoms. The van der Waals surface area contributed by atoms with E-state index in [1.165, 1.54) is 18.2 Å². The summed E-state index contributed by atoms with van der Waals surface area (Å²) in [6.45, 7) is 12.0. The summed E-state index contributed by atoms with van der Waals surface area (Å²) < 4.78 is 7.62. The van der Waals surface area contributed by atoms with Gasteiger partial charge in [-0.15, -0.1) is 0 Å². The van der Waals surface area contributed by atoms with Crippen LogP contribution in [0, 0.1) is 5.41 Å². The first-order valence-corrected chi connectivity index (χ1v) is 13.0. The number of benzene rings is 1. The minimum absolute atomic E-state index is 0.0484. The quantitative estimate of drug-likeness (QED) is 0.288. The maximum Gasteiger partial charge on any atom is 0.319 e. The Morgan fingerprint density at radius 1 is 1.10 bits per heavy atom.